The lowest BCUT2D eigenvalue weighted by atomic mass is 9.82. The normalized spacial score (nSPS) is 19.4. The maximum atomic E-state index is 13.8. The van der Waals surface area contributed by atoms with E-state index in [4.69, 9.17) is 5.73 Å². The van der Waals surface area contributed by atoms with Crippen molar-refractivity contribution in [2.24, 2.45) is 5.41 Å². The highest BCUT2D eigenvalue weighted by Gasteiger charge is 2.41. The van der Waals surface area contributed by atoms with Gasteiger partial charge in [0.15, 0.2) is 0 Å². The fourth-order valence-corrected chi connectivity index (χ4v) is 4.44. The Kier molecular flexibility index (Phi) is 4.07. The second-order valence-electron chi connectivity index (χ2n) is 5.49. The third-order valence-corrected chi connectivity index (χ3v) is 6.34. The van der Waals surface area contributed by atoms with Crippen LogP contribution in [0.2, 0.25) is 0 Å². The largest absolute Gasteiger partial charge is 0.399 e. The monoisotopic (exact) mass is 300 g/mol. The van der Waals surface area contributed by atoms with Crippen LogP contribution in [0.15, 0.2) is 23.1 Å². The molecule has 2 N–H and O–H groups in total. The zero-order valence-electron chi connectivity index (χ0n) is 11.9. The first-order valence-electron chi connectivity index (χ1n) is 6.90. The van der Waals surface area contributed by atoms with Crippen LogP contribution in [-0.4, -0.2) is 25.8 Å². The van der Waals surface area contributed by atoms with Gasteiger partial charge in [-0.2, -0.15) is 4.31 Å². The lowest BCUT2D eigenvalue weighted by Crippen LogP contribution is -2.32. The van der Waals surface area contributed by atoms with Crippen molar-refractivity contribution in [3.05, 3.63) is 24.0 Å². The summed E-state index contributed by atoms with van der Waals surface area (Å²) in [7, 11) is -3.80. The Morgan fingerprint density at radius 2 is 2.00 bits per heavy atom. The summed E-state index contributed by atoms with van der Waals surface area (Å²) in [5, 5.41) is 0. The Hall–Kier alpha value is -1.14. The molecule has 2 rings (SSSR count). The van der Waals surface area contributed by atoms with Gasteiger partial charge in [-0.25, -0.2) is 12.8 Å². The molecule has 1 heterocycles. The van der Waals surface area contributed by atoms with Gasteiger partial charge in [0.25, 0.3) is 0 Å². The van der Waals surface area contributed by atoms with Crippen LogP contribution < -0.4 is 5.73 Å². The second kappa shape index (κ2) is 5.33. The number of halogens is 1. The topological polar surface area (TPSA) is 63.4 Å². The van der Waals surface area contributed by atoms with Crippen LogP contribution >= 0.6 is 0 Å². The van der Waals surface area contributed by atoms with Crippen molar-refractivity contribution in [3.63, 3.8) is 0 Å². The summed E-state index contributed by atoms with van der Waals surface area (Å²) in [4.78, 5) is -0.319. The molecule has 0 bridgehead atoms. The molecule has 0 spiro atoms. The van der Waals surface area contributed by atoms with Crippen molar-refractivity contribution in [1.82, 2.24) is 4.31 Å². The summed E-state index contributed by atoms with van der Waals surface area (Å²) in [6.07, 6.45) is 2.67. The summed E-state index contributed by atoms with van der Waals surface area (Å²) >= 11 is 0. The number of nitrogen functional groups attached to an aromatic ring is 1. The van der Waals surface area contributed by atoms with Gasteiger partial charge in [0.05, 0.1) is 0 Å². The van der Waals surface area contributed by atoms with E-state index in [0.717, 1.165) is 25.3 Å². The Morgan fingerprint density at radius 1 is 1.35 bits per heavy atom. The van der Waals surface area contributed by atoms with E-state index in [1.807, 2.05) is 0 Å². The van der Waals surface area contributed by atoms with Gasteiger partial charge in [-0.3, -0.25) is 0 Å². The molecule has 1 saturated heterocycles. The number of benzene rings is 1. The minimum absolute atomic E-state index is 0.0177. The van der Waals surface area contributed by atoms with Crippen molar-refractivity contribution in [2.75, 3.05) is 18.8 Å². The minimum Gasteiger partial charge on any atom is -0.399 e. The number of hydrogen-bond acceptors (Lipinski definition) is 3. The van der Waals surface area contributed by atoms with Gasteiger partial charge in [0, 0.05) is 18.8 Å². The third kappa shape index (κ3) is 2.54. The van der Waals surface area contributed by atoms with Crippen molar-refractivity contribution in [2.45, 2.75) is 38.0 Å². The SMILES string of the molecule is CCC1(CC)CCN(S(=O)(=O)c2cc(N)ccc2F)C1. The fraction of sp³-hybridized carbons (Fsp3) is 0.571. The summed E-state index contributed by atoms with van der Waals surface area (Å²) in [5.41, 5.74) is 5.85. The molecule has 6 heteroatoms. The van der Waals surface area contributed by atoms with E-state index in [2.05, 4.69) is 13.8 Å². The standard InChI is InChI=1S/C14H21FN2O2S/c1-3-14(4-2)7-8-17(10-14)20(18,19)13-9-11(16)5-6-12(13)15/h5-6,9H,3-4,7-8,10,16H2,1-2H3. The lowest BCUT2D eigenvalue weighted by Gasteiger charge is -2.26. The van der Waals surface area contributed by atoms with Crippen molar-refractivity contribution < 1.29 is 12.8 Å². The van der Waals surface area contributed by atoms with Gasteiger partial charge in [0.1, 0.15) is 10.7 Å². The van der Waals surface area contributed by atoms with Gasteiger partial charge in [-0.15, -0.1) is 0 Å². The molecule has 0 aromatic heterocycles. The average Bonchev–Trinajstić information content (AvgIpc) is 2.87. The van der Waals surface area contributed by atoms with Crippen LogP contribution in [0.5, 0.6) is 0 Å². The van der Waals surface area contributed by atoms with Crippen LogP contribution in [0.3, 0.4) is 0 Å². The van der Waals surface area contributed by atoms with Crippen LogP contribution in [-0.2, 0) is 10.0 Å². The second-order valence-corrected chi connectivity index (χ2v) is 7.39. The minimum atomic E-state index is -3.80. The predicted octanol–water partition coefficient (Wildman–Crippen LogP) is 2.61. The molecule has 4 nitrogen and oxygen atoms in total. The molecule has 0 saturated carbocycles. The molecule has 0 aliphatic carbocycles. The van der Waals surface area contributed by atoms with Crippen molar-refractivity contribution in [1.29, 1.82) is 0 Å². The number of nitrogens with zero attached hydrogens (tertiary/aromatic N) is 1. The van der Waals surface area contributed by atoms with Crippen LogP contribution in [0, 0.1) is 11.2 Å². The Bertz CT molecular complexity index is 597. The first-order chi connectivity index (χ1) is 9.34. The van der Waals surface area contributed by atoms with Gasteiger partial charge >= 0.3 is 0 Å². The molecule has 1 aliphatic rings. The van der Waals surface area contributed by atoms with E-state index in [1.54, 1.807) is 0 Å². The van der Waals surface area contributed by atoms with E-state index in [9.17, 15) is 12.8 Å². The van der Waals surface area contributed by atoms with E-state index >= 15 is 0 Å². The summed E-state index contributed by atoms with van der Waals surface area (Å²) < 4.78 is 40.3. The number of rotatable bonds is 4. The fourth-order valence-electron chi connectivity index (χ4n) is 2.78. The molecule has 1 aromatic rings. The highest BCUT2D eigenvalue weighted by atomic mass is 32.2. The Balaban J connectivity index is 2.35. The zero-order chi connectivity index (χ0) is 15.0. The molecule has 0 radical (unpaired) electrons. The molecule has 20 heavy (non-hydrogen) atoms. The third-order valence-electron chi connectivity index (χ3n) is 4.48. The van der Waals surface area contributed by atoms with Gasteiger partial charge in [-0.05, 0) is 42.9 Å². The maximum absolute atomic E-state index is 13.8. The molecule has 1 aliphatic heterocycles. The molecule has 1 fully saturated rings. The van der Waals surface area contributed by atoms with Crippen LogP contribution in [0.4, 0.5) is 10.1 Å². The van der Waals surface area contributed by atoms with E-state index in [0.29, 0.717) is 13.1 Å². The first-order valence-corrected chi connectivity index (χ1v) is 8.34. The van der Waals surface area contributed by atoms with E-state index in [1.165, 1.54) is 16.4 Å². The van der Waals surface area contributed by atoms with E-state index in [-0.39, 0.29) is 16.0 Å². The Morgan fingerprint density at radius 3 is 2.55 bits per heavy atom. The Labute approximate surface area is 119 Å². The van der Waals surface area contributed by atoms with Crippen LogP contribution in [0.25, 0.3) is 0 Å². The number of nitrogens with two attached hydrogens (primary N) is 1. The maximum Gasteiger partial charge on any atom is 0.246 e. The number of sulfonamides is 1. The molecular formula is C14H21FN2O2S. The van der Waals surface area contributed by atoms with Gasteiger partial charge in [0.2, 0.25) is 10.0 Å². The number of anilines is 1. The molecule has 0 amide bonds. The van der Waals surface area contributed by atoms with E-state index < -0.39 is 15.8 Å². The molecule has 0 atom stereocenters. The average molecular weight is 300 g/mol. The van der Waals surface area contributed by atoms with Gasteiger partial charge in [-0.1, -0.05) is 13.8 Å². The summed E-state index contributed by atoms with van der Waals surface area (Å²) in [6.45, 7) is 5.04. The van der Waals surface area contributed by atoms with Gasteiger partial charge < -0.3 is 5.73 Å². The zero-order valence-corrected chi connectivity index (χ0v) is 12.7. The molecule has 0 unspecified atom stereocenters. The van der Waals surface area contributed by atoms with Crippen molar-refractivity contribution >= 4 is 15.7 Å². The number of hydrogen-bond donors (Lipinski definition) is 1. The van der Waals surface area contributed by atoms with Crippen LogP contribution in [0.1, 0.15) is 33.1 Å². The molecule has 112 valence electrons. The first kappa shape index (κ1) is 15.3. The molecule has 1 aromatic carbocycles. The quantitative estimate of drug-likeness (QED) is 0.869. The molecular weight excluding hydrogens is 279 g/mol. The van der Waals surface area contributed by atoms with Crippen molar-refractivity contribution in [3.8, 4) is 0 Å². The smallest absolute Gasteiger partial charge is 0.246 e. The summed E-state index contributed by atoms with van der Waals surface area (Å²) in [6, 6.07) is 3.66. The predicted molar refractivity (Wildman–Crippen MR) is 77.2 cm³/mol. The summed E-state index contributed by atoms with van der Waals surface area (Å²) in [5.74, 6) is -0.746. The highest BCUT2D eigenvalue weighted by molar-refractivity contribution is 7.89. The lowest BCUT2D eigenvalue weighted by molar-refractivity contribution is 0.279. The highest BCUT2D eigenvalue weighted by Crippen LogP contribution is 2.39.